The number of piperazine rings is 1. The highest BCUT2D eigenvalue weighted by molar-refractivity contribution is 6.05. The van der Waals surface area contributed by atoms with Gasteiger partial charge in [0.2, 0.25) is 0 Å². The number of hydrogen-bond donors (Lipinski definition) is 1. The van der Waals surface area contributed by atoms with Gasteiger partial charge in [-0.05, 0) is 32.0 Å². The van der Waals surface area contributed by atoms with Crippen molar-refractivity contribution in [3.63, 3.8) is 0 Å². The standard InChI is InChI=1S/C16H20N4O2/c1-19-8-11-4-3-10(19)9-20(11)16(21)15-13-6-5-12(22-2)7-14(13)17-18-15/h5-7,10-11H,3-4,8-9H2,1-2H3,(H,17,18). The van der Waals surface area contributed by atoms with Crippen LogP contribution in [0.4, 0.5) is 0 Å². The zero-order chi connectivity index (χ0) is 15.3. The van der Waals surface area contributed by atoms with Crippen LogP contribution in [0.2, 0.25) is 0 Å². The Bertz CT molecular complexity index is 726. The topological polar surface area (TPSA) is 61.5 Å². The lowest BCUT2D eigenvalue weighted by Gasteiger charge is -2.50. The number of likely N-dealkylation sites (N-methyl/N-ethyl adjacent to an activating group) is 1. The molecule has 2 unspecified atom stereocenters. The van der Waals surface area contributed by atoms with Crippen molar-refractivity contribution in [2.45, 2.75) is 24.9 Å². The number of aromatic amines is 1. The number of carbonyl (C=O) groups is 1. The first kappa shape index (κ1) is 13.6. The largest absolute Gasteiger partial charge is 0.497 e. The zero-order valence-corrected chi connectivity index (χ0v) is 12.9. The molecule has 3 saturated heterocycles. The van der Waals surface area contributed by atoms with Gasteiger partial charge in [-0.2, -0.15) is 5.10 Å². The summed E-state index contributed by atoms with van der Waals surface area (Å²) in [6.07, 6.45) is 2.28. The molecule has 1 aromatic heterocycles. The number of piperidine rings is 2. The monoisotopic (exact) mass is 300 g/mol. The molecule has 6 heteroatoms. The lowest BCUT2D eigenvalue weighted by atomic mass is 9.91. The summed E-state index contributed by atoms with van der Waals surface area (Å²) >= 11 is 0. The molecule has 0 saturated carbocycles. The minimum Gasteiger partial charge on any atom is -0.497 e. The number of nitrogens with one attached hydrogen (secondary N) is 1. The summed E-state index contributed by atoms with van der Waals surface area (Å²) in [5, 5.41) is 8.07. The van der Waals surface area contributed by atoms with Crippen molar-refractivity contribution in [2.75, 3.05) is 27.2 Å². The van der Waals surface area contributed by atoms with Gasteiger partial charge in [0.1, 0.15) is 5.75 Å². The van der Waals surface area contributed by atoms with Crippen molar-refractivity contribution in [3.8, 4) is 5.75 Å². The van der Waals surface area contributed by atoms with Crippen molar-refractivity contribution in [1.29, 1.82) is 0 Å². The average Bonchev–Trinajstić information content (AvgIpc) is 2.97. The van der Waals surface area contributed by atoms with E-state index in [1.807, 2.05) is 23.1 Å². The zero-order valence-electron chi connectivity index (χ0n) is 12.9. The third-order valence-corrected chi connectivity index (χ3v) is 5.04. The van der Waals surface area contributed by atoms with E-state index in [1.165, 1.54) is 6.42 Å². The second-order valence-corrected chi connectivity index (χ2v) is 6.27. The van der Waals surface area contributed by atoms with Crippen LogP contribution in [0.15, 0.2) is 18.2 Å². The number of methoxy groups -OCH3 is 1. The van der Waals surface area contributed by atoms with E-state index in [9.17, 15) is 4.79 Å². The van der Waals surface area contributed by atoms with Gasteiger partial charge in [-0.3, -0.25) is 14.8 Å². The van der Waals surface area contributed by atoms with E-state index in [1.54, 1.807) is 7.11 Å². The van der Waals surface area contributed by atoms with Crippen molar-refractivity contribution in [3.05, 3.63) is 23.9 Å². The fourth-order valence-electron chi connectivity index (χ4n) is 3.71. The van der Waals surface area contributed by atoms with Crippen molar-refractivity contribution in [1.82, 2.24) is 20.0 Å². The van der Waals surface area contributed by atoms with Crippen molar-refractivity contribution in [2.24, 2.45) is 0 Å². The van der Waals surface area contributed by atoms with Gasteiger partial charge >= 0.3 is 0 Å². The molecular formula is C16H20N4O2. The predicted octanol–water partition coefficient (Wildman–Crippen LogP) is 1.49. The lowest BCUT2D eigenvalue weighted by molar-refractivity contribution is -0.000328. The second-order valence-electron chi connectivity index (χ2n) is 6.27. The molecule has 3 aliphatic heterocycles. The number of nitrogens with zero attached hydrogens (tertiary/aromatic N) is 3. The number of hydrogen-bond acceptors (Lipinski definition) is 4. The second kappa shape index (κ2) is 4.98. The molecule has 3 fully saturated rings. The van der Waals surface area contributed by atoms with Crippen LogP contribution in [-0.4, -0.2) is 65.2 Å². The molecule has 116 valence electrons. The fourth-order valence-corrected chi connectivity index (χ4v) is 3.71. The van der Waals surface area contributed by atoms with Crippen LogP contribution < -0.4 is 4.74 Å². The molecule has 1 amide bonds. The summed E-state index contributed by atoms with van der Waals surface area (Å²) < 4.78 is 5.21. The predicted molar refractivity (Wildman–Crippen MR) is 83.1 cm³/mol. The highest BCUT2D eigenvalue weighted by Crippen LogP contribution is 2.30. The van der Waals surface area contributed by atoms with Crippen LogP contribution in [0, 0.1) is 0 Å². The molecular weight excluding hydrogens is 280 g/mol. The minimum absolute atomic E-state index is 0.0409. The van der Waals surface area contributed by atoms with E-state index in [-0.39, 0.29) is 5.91 Å². The summed E-state index contributed by atoms with van der Waals surface area (Å²) in [7, 11) is 3.78. The van der Waals surface area contributed by atoms with Gasteiger partial charge in [0.25, 0.3) is 5.91 Å². The molecule has 0 spiro atoms. The number of ether oxygens (including phenoxy) is 1. The molecule has 2 atom stereocenters. The van der Waals surface area contributed by atoms with Crippen LogP contribution in [0.5, 0.6) is 5.75 Å². The molecule has 2 aromatic rings. The maximum Gasteiger partial charge on any atom is 0.275 e. The summed E-state index contributed by atoms with van der Waals surface area (Å²) in [6, 6.07) is 6.44. The molecule has 1 aromatic carbocycles. The Balaban J connectivity index is 1.66. The highest BCUT2D eigenvalue weighted by Gasteiger charge is 2.40. The van der Waals surface area contributed by atoms with E-state index < -0.39 is 0 Å². The minimum atomic E-state index is 0.0409. The van der Waals surface area contributed by atoms with Crippen LogP contribution in [-0.2, 0) is 0 Å². The third kappa shape index (κ3) is 1.98. The lowest BCUT2D eigenvalue weighted by Crippen LogP contribution is -2.62. The molecule has 4 heterocycles. The number of carbonyl (C=O) groups excluding carboxylic acids is 1. The first-order valence-electron chi connectivity index (χ1n) is 7.70. The molecule has 3 aliphatic rings. The van der Waals surface area contributed by atoms with E-state index in [0.717, 1.165) is 36.2 Å². The number of rotatable bonds is 2. The third-order valence-electron chi connectivity index (χ3n) is 5.04. The Morgan fingerprint density at radius 1 is 1.32 bits per heavy atom. The molecule has 1 N–H and O–H groups in total. The van der Waals surface area contributed by atoms with E-state index in [2.05, 4.69) is 22.1 Å². The molecule has 0 aliphatic carbocycles. The van der Waals surface area contributed by atoms with Crippen LogP contribution >= 0.6 is 0 Å². The Kier molecular flexibility index (Phi) is 3.07. The molecule has 0 radical (unpaired) electrons. The van der Waals surface area contributed by atoms with Crippen LogP contribution in [0.3, 0.4) is 0 Å². The van der Waals surface area contributed by atoms with Gasteiger partial charge in [0.15, 0.2) is 5.69 Å². The van der Waals surface area contributed by atoms with E-state index >= 15 is 0 Å². The number of fused-ring (bicyclic) bond motifs is 4. The van der Waals surface area contributed by atoms with Gasteiger partial charge in [-0.15, -0.1) is 0 Å². The van der Waals surface area contributed by atoms with Crippen LogP contribution in [0.1, 0.15) is 23.3 Å². The molecule has 22 heavy (non-hydrogen) atoms. The first-order valence-corrected chi connectivity index (χ1v) is 7.70. The maximum atomic E-state index is 12.9. The van der Waals surface area contributed by atoms with Gasteiger partial charge in [-0.1, -0.05) is 0 Å². The fraction of sp³-hybridized carbons (Fsp3) is 0.500. The first-order chi connectivity index (χ1) is 10.7. The molecule has 5 rings (SSSR count). The summed E-state index contributed by atoms with van der Waals surface area (Å²) in [6.45, 7) is 1.77. The number of benzene rings is 1. The Morgan fingerprint density at radius 2 is 2.14 bits per heavy atom. The van der Waals surface area contributed by atoms with Crippen molar-refractivity contribution >= 4 is 16.8 Å². The van der Waals surface area contributed by atoms with Crippen LogP contribution in [0.25, 0.3) is 10.9 Å². The number of aromatic nitrogens is 2. The number of H-pyrrole nitrogens is 1. The van der Waals surface area contributed by atoms with E-state index in [0.29, 0.717) is 17.8 Å². The Morgan fingerprint density at radius 3 is 2.82 bits per heavy atom. The summed E-state index contributed by atoms with van der Waals surface area (Å²) in [5.41, 5.74) is 1.36. The maximum absolute atomic E-state index is 12.9. The van der Waals surface area contributed by atoms with Gasteiger partial charge < -0.3 is 9.64 Å². The van der Waals surface area contributed by atoms with E-state index in [4.69, 9.17) is 4.74 Å². The summed E-state index contributed by atoms with van der Waals surface area (Å²) in [5.74, 6) is 0.799. The van der Waals surface area contributed by atoms with Gasteiger partial charge in [0, 0.05) is 36.6 Å². The number of amides is 1. The summed E-state index contributed by atoms with van der Waals surface area (Å²) in [4.78, 5) is 17.3. The highest BCUT2D eigenvalue weighted by atomic mass is 16.5. The normalized spacial score (nSPS) is 24.9. The Hall–Kier alpha value is -2.08. The average molecular weight is 300 g/mol. The molecule has 2 bridgehead atoms. The Labute approximate surface area is 129 Å². The quantitative estimate of drug-likeness (QED) is 0.913. The molecule has 6 nitrogen and oxygen atoms in total. The smallest absolute Gasteiger partial charge is 0.275 e. The van der Waals surface area contributed by atoms with Crippen molar-refractivity contribution < 1.29 is 9.53 Å². The SMILES string of the molecule is COc1ccc2c(C(=O)N3CC4CCC3CN4C)n[nH]c2c1. The van der Waals surface area contributed by atoms with Gasteiger partial charge in [-0.25, -0.2) is 0 Å². The van der Waals surface area contributed by atoms with Gasteiger partial charge in [0.05, 0.1) is 12.6 Å².